The molecule has 0 spiro atoms. The van der Waals surface area contributed by atoms with Crippen LogP contribution in [0.4, 0.5) is 0 Å². The van der Waals surface area contributed by atoms with Crippen molar-refractivity contribution in [1.29, 1.82) is 0 Å². The molecule has 0 radical (unpaired) electrons. The van der Waals surface area contributed by atoms with Gasteiger partial charge in [-0.05, 0) is 60.2 Å². The predicted octanol–water partition coefficient (Wildman–Crippen LogP) is 6.25. The fourth-order valence-electron chi connectivity index (χ4n) is 4.06. The summed E-state index contributed by atoms with van der Waals surface area (Å²) in [5.74, 6) is 2.39. The second-order valence-electron chi connectivity index (χ2n) is 7.41. The van der Waals surface area contributed by atoms with E-state index in [1.54, 1.807) is 20.3 Å². The smallest absolute Gasteiger partial charge is 0.215 e. The average Bonchev–Trinajstić information content (AvgIpc) is 3.24. The molecule has 0 amide bonds. The monoisotopic (exact) mass is 454 g/mol. The van der Waals surface area contributed by atoms with Crippen molar-refractivity contribution in [2.24, 2.45) is 5.10 Å². The molecule has 2 heterocycles. The summed E-state index contributed by atoms with van der Waals surface area (Å²) in [6.07, 6.45) is 0.267. The second-order valence-corrected chi connectivity index (χ2v) is 8.26. The van der Waals surface area contributed by atoms with Gasteiger partial charge in [0.05, 0.1) is 31.0 Å². The van der Waals surface area contributed by atoms with Crippen LogP contribution in [0, 0.1) is 0 Å². The summed E-state index contributed by atoms with van der Waals surface area (Å²) < 4.78 is 17.1. The van der Waals surface area contributed by atoms with Gasteiger partial charge < -0.3 is 14.2 Å². The van der Waals surface area contributed by atoms with Crippen molar-refractivity contribution in [1.82, 2.24) is 5.01 Å². The SMILES string of the molecule is COc1ccc(C2=NN3[C@@H](c4ccc(Cl)cc4Cl)Oc4ccc(OC)cc4[C@@H]3C2)cc1. The van der Waals surface area contributed by atoms with E-state index in [4.69, 9.17) is 42.5 Å². The maximum Gasteiger partial charge on any atom is 0.215 e. The van der Waals surface area contributed by atoms with Gasteiger partial charge in [0, 0.05) is 22.6 Å². The predicted molar refractivity (Wildman–Crippen MR) is 122 cm³/mol. The van der Waals surface area contributed by atoms with E-state index in [2.05, 4.69) is 0 Å². The number of nitrogens with zero attached hydrogens (tertiary/aromatic N) is 2. The molecule has 0 bridgehead atoms. The first-order valence-corrected chi connectivity index (χ1v) is 10.6. The molecule has 5 nitrogen and oxygen atoms in total. The first-order chi connectivity index (χ1) is 15.1. The minimum absolute atomic E-state index is 0.00676. The van der Waals surface area contributed by atoms with Crippen LogP contribution in [0.1, 0.15) is 35.4 Å². The molecular weight excluding hydrogens is 435 g/mol. The molecule has 2 aliphatic heterocycles. The summed E-state index contributed by atoms with van der Waals surface area (Å²) in [6, 6.07) is 19.2. The standard InChI is InChI=1S/C24H20Cl2N2O3/c1-29-16-6-3-14(4-7-16)21-13-22-19-12-17(30-2)8-10-23(19)31-24(28(22)27-21)18-9-5-15(25)11-20(18)26/h3-12,22,24H,13H2,1-2H3/t22-,24+/m0/s1. The van der Waals surface area contributed by atoms with Gasteiger partial charge in [0.15, 0.2) is 0 Å². The molecule has 158 valence electrons. The molecule has 2 aliphatic rings. The van der Waals surface area contributed by atoms with Gasteiger partial charge in [0.1, 0.15) is 17.2 Å². The summed E-state index contributed by atoms with van der Waals surface area (Å²) in [6.45, 7) is 0. The molecule has 0 saturated heterocycles. The lowest BCUT2D eigenvalue weighted by atomic mass is 9.95. The van der Waals surface area contributed by atoms with Gasteiger partial charge in [-0.15, -0.1) is 0 Å². The minimum Gasteiger partial charge on any atom is -0.497 e. The van der Waals surface area contributed by atoms with Crippen LogP contribution in [0.25, 0.3) is 0 Å². The van der Waals surface area contributed by atoms with Crippen LogP contribution >= 0.6 is 23.2 Å². The van der Waals surface area contributed by atoms with Crippen molar-refractivity contribution in [3.05, 3.63) is 87.4 Å². The highest BCUT2D eigenvalue weighted by molar-refractivity contribution is 6.35. The third-order valence-electron chi connectivity index (χ3n) is 5.65. The summed E-state index contributed by atoms with van der Waals surface area (Å²) in [5.41, 5.74) is 3.87. The van der Waals surface area contributed by atoms with E-state index < -0.39 is 6.23 Å². The second kappa shape index (κ2) is 7.98. The van der Waals surface area contributed by atoms with Crippen LogP contribution in [0.2, 0.25) is 10.0 Å². The maximum atomic E-state index is 6.54. The molecule has 0 saturated carbocycles. The van der Waals surface area contributed by atoms with Gasteiger partial charge in [-0.3, -0.25) is 0 Å². The zero-order valence-corrected chi connectivity index (χ0v) is 18.5. The molecule has 0 aromatic heterocycles. The van der Waals surface area contributed by atoms with Gasteiger partial charge in [0.25, 0.3) is 0 Å². The number of hydrogen-bond acceptors (Lipinski definition) is 5. The summed E-state index contributed by atoms with van der Waals surface area (Å²) in [7, 11) is 3.32. The summed E-state index contributed by atoms with van der Waals surface area (Å²) in [5, 5.41) is 8.07. The van der Waals surface area contributed by atoms with Crippen molar-refractivity contribution in [2.45, 2.75) is 18.7 Å². The Labute approximate surface area is 190 Å². The van der Waals surface area contributed by atoms with Crippen LogP contribution < -0.4 is 14.2 Å². The highest BCUT2D eigenvalue weighted by Crippen LogP contribution is 2.49. The molecule has 31 heavy (non-hydrogen) atoms. The average molecular weight is 455 g/mol. The van der Waals surface area contributed by atoms with Crippen molar-refractivity contribution >= 4 is 28.9 Å². The van der Waals surface area contributed by atoms with Crippen LogP contribution in [-0.2, 0) is 0 Å². The highest BCUT2D eigenvalue weighted by Gasteiger charge is 2.41. The Hall–Kier alpha value is -2.89. The molecule has 5 rings (SSSR count). The van der Waals surface area contributed by atoms with E-state index in [1.807, 2.05) is 59.6 Å². The zero-order chi connectivity index (χ0) is 21.5. The van der Waals surface area contributed by atoms with E-state index in [0.717, 1.165) is 46.1 Å². The van der Waals surface area contributed by atoms with Crippen LogP contribution in [0.15, 0.2) is 65.8 Å². The Morgan fingerprint density at radius 2 is 1.65 bits per heavy atom. The number of rotatable bonds is 4. The normalized spacial score (nSPS) is 19.2. The minimum atomic E-state index is -0.466. The lowest BCUT2D eigenvalue weighted by Gasteiger charge is -2.38. The van der Waals surface area contributed by atoms with Gasteiger partial charge >= 0.3 is 0 Å². The quantitative estimate of drug-likeness (QED) is 0.466. The Balaban J connectivity index is 1.59. The fraction of sp³-hybridized carbons (Fsp3) is 0.208. The first-order valence-electron chi connectivity index (χ1n) is 9.87. The number of fused-ring (bicyclic) bond motifs is 3. The van der Waals surface area contributed by atoms with Crippen LogP contribution in [0.3, 0.4) is 0 Å². The number of hydrogen-bond donors (Lipinski definition) is 0. The number of benzene rings is 3. The number of halogens is 2. The van der Waals surface area contributed by atoms with E-state index in [-0.39, 0.29) is 6.04 Å². The molecule has 0 aliphatic carbocycles. The summed E-state index contributed by atoms with van der Waals surface area (Å²) in [4.78, 5) is 0. The number of hydrazone groups is 1. The Morgan fingerprint density at radius 1 is 0.903 bits per heavy atom. The van der Waals surface area contributed by atoms with Crippen molar-refractivity contribution < 1.29 is 14.2 Å². The largest absolute Gasteiger partial charge is 0.497 e. The van der Waals surface area contributed by atoms with Crippen molar-refractivity contribution in [2.75, 3.05) is 14.2 Å². The third kappa shape index (κ3) is 3.58. The molecule has 3 aromatic rings. The molecule has 7 heteroatoms. The van der Waals surface area contributed by atoms with Crippen LogP contribution in [-0.4, -0.2) is 24.9 Å². The van der Waals surface area contributed by atoms with E-state index >= 15 is 0 Å². The van der Waals surface area contributed by atoms with Gasteiger partial charge in [-0.25, -0.2) is 5.01 Å². The lowest BCUT2D eigenvalue weighted by molar-refractivity contribution is -0.0190. The first kappa shape index (κ1) is 20.0. The van der Waals surface area contributed by atoms with E-state index in [1.165, 1.54) is 0 Å². The number of methoxy groups -OCH3 is 2. The Morgan fingerprint density at radius 3 is 2.35 bits per heavy atom. The van der Waals surface area contributed by atoms with Gasteiger partial charge in [-0.1, -0.05) is 29.3 Å². The fourth-order valence-corrected chi connectivity index (χ4v) is 4.56. The molecule has 2 atom stereocenters. The highest BCUT2D eigenvalue weighted by atomic mass is 35.5. The molecule has 0 unspecified atom stereocenters. The summed E-state index contributed by atoms with van der Waals surface area (Å²) >= 11 is 12.7. The van der Waals surface area contributed by atoms with E-state index in [9.17, 15) is 0 Å². The van der Waals surface area contributed by atoms with Crippen molar-refractivity contribution in [3.63, 3.8) is 0 Å². The topological polar surface area (TPSA) is 43.3 Å². The van der Waals surface area contributed by atoms with Gasteiger partial charge in [0.2, 0.25) is 6.23 Å². The zero-order valence-electron chi connectivity index (χ0n) is 17.0. The molecule has 3 aromatic carbocycles. The Bertz CT molecular complexity index is 1160. The third-order valence-corrected chi connectivity index (χ3v) is 6.21. The van der Waals surface area contributed by atoms with Crippen LogP contribution in [0.5, 0.6) is 17.2 Å². The van der Waals surface area contributed by atoms with E-state index in [0.29, 0.717) is 10.0 Å². The molecule has 0 fully saturated rings. The number of ether oxygens (including phenoxy) is 3. The van der Waals surface area contributed by atoms with Crippen molar-refractivity contribution in [3.8, 4) is 17.2 Å². The molecule has 0 N–H and O–H groups in total. The van der Waals surface area contributed by atoms with Gasteiger partial charge in [-0.2, -0.15) is 5.10 Å². The molecular formula is C24H20Cl2N2O3. The maximum absolute atomic E-state index is 6.54. The Kier molecular flexibility index (Phi) is 5.16. The lowest BCUT2D eigenvalue weighted by Crippen LogP contribution is -2.33.